The first-order valence-corrected chi connectivity index (χ1v) is 6.33. The van der Waals surface area contributed by atoms with E-state index in [-0.39, 0.29) is 6.61 Å². The molecule has 0 aliphatic heterocycles. The fourth-order valence-electron chi connectivity index (χ4n) is 1.50. The van der Waals surface area contributed by atoms with Crippen molar-refractivity contribution in [3.63, 3.8) is 0 Å². The third-order valence-electron chi connectivity index (χ3n) is 2.55. The Hall–Kier alpha value is -1.10. The molecule has 0 aromatic heterocycles. The molecule has 0 bridgehead atoms. The third-order valence-corrected chi connectivity index (χ3v) is 2.55. The fraction of sp³-hybridized carbons (Fsp3) is 0.571. The molecule has 4 nitrogen and oxygen atoms in total. The summed E-state index contributed by atoms with van der Waals surface area (Å²) in [5.41, 5.74) is 0.0217. The Kier molecular flexibility index (Phi) is 6.12. The summed E-state index contributed by atoms with van der Waals surface area (Å²) < 4.78 is 5.55. The number of hydrogen-bond donors (Lipinski definition) is 3. The first-order valence-electron chi connectivity index (χ1n) is 6.33. The van der Waals surface area contributed by atoms with Crippen molar-refractivity contribution in [2.45, 2.75) is 32.4 Å². The van der Waals surface area contributed by atoms with Crippen molar-refractivity contribution in [1.82, 2.24) is 5.32 Å². The topological polar surface area (TPSA) is 61.7 Å². The first kappa shape index (κ1) is 15.0. The van der Waals surface area contributed by atoms with E-state index < -0.39 is 5.60 Å². The highest BCUT2D eigenvalue weighted by Crippen LogP contribution is 2.13. The molecule has 1 rings (SSSR count). The third kappa shape index (κ3) is 5.49. The highest BCUT2D eigenvalue weighted by molar-refractivity contribution is 5.28. The summed E-state index contributed by atoms with van der Waals surface area (Å²) >= 11 is 0. The van der Waals surface area contributed by atoms with Gasteiger partial charge in [0.1, 0.15) is 5.75 Å². The Morgan fingerprint density at radius 1 is 1.39 bits per heavy atom. The second-order valence-electron chi connectivity index (χ2n) is 4.75. The van der Waals surface area contributed by atoms with Gasteiger partial charge in [0.05, 0.1) is 18.8 Å². The van der Waals surface area contributed by atoms with Gasteiger partial charge >= 0.3 is 0 Å². The van der Waals surface area contributed by atoms with E-state index in [0.717, 1.165) is 24.3 Å². The molecular weight excluding hydrogens is 230 g/mol. The van der Waals surface area contributed by atoms with Crippen molar-refractivity contribution in [2.24, 2.45) is 0 Å². The van der Waals surface area contributed by atoms with Gasteiger partial charge in [-0.25, -0.2) is 0 Å². The average Bonchev–Trinajstić information content (AvgIpc) is 2.37. The highest BCUT2D eigenvalue weighted by Gasteiger charge is 2.17. The van der Waals surface area contributed by atoms with Gasteiger partial charge in [-0.1, -0.05) is 19.1 Å². The number of nitrogens with one attached hydrogen (secondary N) is 1. The van der Waals surface area contributed by atoms with E-state index in [9.17, 15) is 5.11 Å². The van der Waals surface area contributed by atoms with Crippen LogP contribution in [0.2, 0.25) is 0 Å². The van der Waals surface area contributed by atoms with Gasteiger partial charge < -0.3 is 20.3 Å². The number of hydrogen-bond acceptors (Lipinski definition) is 4. The minimum Gasteiger partial charge on any atom is -0.494 e. The van der Waals surface area contributed by atoms with Gasteiger partial charge in [0.15, 0.2) is 0 Å². The molecule has 0 aliphatic carbocycles. The Balaban J connectivity index is 2.42. The Morgan fingerprint density at radius 3 is 2.83 bits per heavy atom. The number of benzene rings is 1. The van der Waals surface area contributed by atoms with E-state index in [0.29, 0.717) is 13.1 Å². The zero-order valence-corrected chi connectivity index (χ0v) is 11.1. The zero-order valence-electron chi connectivity index (χ0n) is 11.1. The van der Waals surface area contributed by atoms with Crippen LogP contribution in [0.4, 0.5) is 0 Å². The maximum atomic E-state index is 9.63. The summed E-state index contributed by atoms with van der Waals surface area (Å²) in [6.45, 7) is 5.13. The Morgan fingerprint density at radius 2 is 2.17 bits per heavy atom. The molecule has 1 atom stereocenters. The summed E-state index contributed by atoms with van der Waals surface area (Å²) in [6.07, 6.45) is 0.988. The van der Waals surface area contributed by atoms with Crippen LogP contribution in [0, 0.1) is 0 Å². The van der Waals surface area contributed by atoms with Crippen LogP contribution in [0.1, 0.15) is 25.8 Å². The quantitative estimate of drug-likeness (QED) is 0.653. The van der Waals surface area contributed by atoms with Crippen LogP contribution in [-0.2, 0) is 6.54 Å². The van der Waals surface area contributed by atoms with Crippen molar-refractivity contribution in [3.05, 3.63) is 29.8 Å². The molecule has 0 saturated heterocycles. The molecule has 1 unspecified atom stereocenters. The van der Waals surface area contributed by atoms with Crippen LogP contribution >= 0.6 is 0 Å². The average molecular weight is 253 g/mol. The molecule has 0 fully saturated rings. The van der Waals surface area contributed by atoms with Gasteiger partial charge in [-0.05, 0) is 31.0 Å². The molecule has 0 spiro atoms. The second kappa shape index (κ2) is 7.36. The smallest absolute Gasteiger partial charge is 0.119 e. The van der Waals surface area contributed by atoms with E-state index in [1.165, 1.54) is 0 Å². The maximum Gasteiger partial charge on any atom is 0.119 e. The predicted molar refractivity (Wildman–Crippen MR) is 71.6 cm³/mol. The predicted octanol–water partition coefficient (Wildman–Crippen LogP) is 1.31. The lowest BCUT2D eigenvalue weighted by atomic mass is 10.1. The molecule has 1 aromatic carbocycles. The van der Waals surface area contributed by atoms with Crippen molar-refractivity contribution in [1.29, 1.82) is 0 Å². The van der Waals surface area contributed by atoms with Crippen molar-refractivity contribution in [2.75, 3.05) is 19.8 Å². The van der Waals surface area contributed by atoms with E-state index in [2.05, 4.69) is 12.2 Å². The van der Waals surface area contributed by atoms with Crippen LogP contribution in [0.25, 0.3) is 0 Å². The largest absolute Gasteiger partial charge is 0.494 e. The highest BCUT2D eigenvalue weighted by atomic mass is 16.5. The molecule has 18 heavy (non-hydrogen) atoms. The zero-order chi connectivity index (χ0) is 13.4. The lowest BCUT2D eigenvalue weighted by Crippen LogP contribution is -2.40. The summed E-state index contributed by atoms with van der Waals surface area (Å²) in [5, 5.41) is 21.7. The molecule has 0 heterocycles. The van der Waals surface area contributed by atoms with Crippen LogP contribution < -0.4 is 10.1 Å². The summed E-state index contributed by atoms with van der Waals surface area (Å²) in [4.78, 5) is 0. The summed E-state index contributed by atoms with van der Waals surface area (Å²) in [5.74, 6) is 0.866. The summed E-state index contributed by atoms with van der Waals surface area (Å²) in [6, 6.07) is 7.87. The van der Waals surface area contributed by atoms with Crippen LogP contribution in [0.5, 0.6) is 5.75 Å². The normalized spacial score (nSPS) is 14.2. The molecule has 0 saturated carbocycles. The van der Waals surface area contributed by atoms with Gasteiger partial charge in [-0.15, -0.1) is 0 Å². The van der Waals surface area contributed by atoms with E-state index >= 15 is 0 Å². The second-order valence-corrected chi connectivity index (χ2v) is 4.75. The molecule has 0 aliphatic rings. The Labute approximate surface area is 109 Å². The van der Waals surface area contributed by atoms with Crippen LogP contribution in [-0.4, -0.2) is 35.6 Å². The summed E-state index contributed by atoms with van der Waals surface area (Å²) in [7, 11) is 0. The lowest BCUT2D eigenvalue weighted by molar-refractivity contribution is 0.00254. The molecular formula is C14H23NO3. The number of aliphatic hydroxyl groups is 2. The fourth-order valence-corrected chi connectivity index (χ4v) is 1.50. The van der Waals surface area contributed by atoms with E-state index in [4.69, 9.17) is 9.84 Å². The molecule has 3 N–H and O–H groups in total. The molecule has 0 radical (unpaired) electrons. The van der Waals surface area contributed by atoms with Gasteiger partial charge in [-0.3, -0.25) is 0 Å². The van der Waals surface area contributed by atoms with Crippen molar-refractivity contribution < 1.29 is 14.9 Å². The first-order chi connectivity index (χ1) is 8.57. The van der Waals surface area contributed by atoms with Gasteiger partial charge in [-0.2, -0.15) is 0 Å². The van der Waals surface area contributed by atoms with Crippen LogP contribution in [0.15, 0.2) is 24.3 Å². The van der Waals surface area contributed by atoms with Gasteiger partial charge in [0.2, 0.25) is 0 Å². The van der Waals surface area contributed by atoms with Crippen LogP contribution in [0.3, 0.4) is 0 Å². The molecule has 4 heteroatoms. The lowest BCUT2D eigenvalue weighted by Gasteiger charge is -2.20. The van der Waals surface area contributed by atoms with Crippen molar-refractivity contribution >= 4 is 0 Å². The van der Waals surface area contributed by atoms with Gasteiger partial charge in [0.25, 0.3) is 0 Å². The molecule has 102 valence electrons. The van der Waals surface area contributed by atoms with E-state index in [1.807, 2.05) is 24.3 Å². The van der Waals surface area contributed by atoms with Crippen molar-refractivity contribution in [3.8, 4) is 5.75 Å². The van der Waals surface area contributed by atoms with Gasteiger partial charge in [0, 0.05) is 13.1 Å². The molecule has 1 aromatic rings. The Bertz CT molecular complexity index is 353. The number of ether oxygens (including phenoxy) is 1. The van der Waals surface area contributed by atoms with E-state index in [1.54, 1.807) is 6.92 Å². The number of aliphatic hydroxyl groups excluding tert-OH is 1. The SMILES string of the molecule is CCCOc1cccc(CNCC(C)(O)CO)c1. The standard InChI is InChI=1S/C14H23NO3/c1-3-7-18-13-6-4-5-12(8-13)9-15-10-14(2,17)11-16/h4-6,8,15-17H,3,7,9-11H2,1-2H3. The maximum absolute atomic E-state index is 9.63. The number of rotatable bonds is 8. The monoisotopic (exact) mass is 253 g/mol. The minimum atomic E-state index is -1.07. The molecule has 0 amide bonds. The minimum absolute atomic E-state index is 0.250.